The molecule has 0 saturated carbocycles. The molecule has 1 fully saturated rings. The number of nitrogens with zero attached hydrogens (tertiary/aromatic N) is 2. The second-order valence-electron chi connectivity index (χ2n) is 7.65. The first kappa shape index (κ1) is 21.5. The largest absolute Gasteiger partial charge is 0.382 e. The molecule has 1 aliphatic heterocycles. The van der Waals surface area contributed by atoms with E-state index >= 15 is 0 Å². The molecule has 2 aromatic carbocycles. The molecule has 4 rings (SSSR count). The van der Waals surface area contributed by atoms with Crippen LogP contribution in [0.5, 0.6) is 0 Å². The van der Waals surface area contributed by atoms with Gasteiger partial charge in [0.05, 0.1) is 11.9 Å². The monoisotopic (exact) mass is 431 g/mol. The van der Waals surface area contributed by atoms with Gasteiger partial charge in [-0.15, -0.1) is 0 Å². The third-order valence-electron chi connectivity index (χ3n) is 5.38. The highest BCUT2D eigenvalue weighted by Gasteiger charge is 2.17. The van der Waals surface area contributed by atoms with Crippen LogP contribution in [0.1, 0.15) is 33.7 Å². The van der Waals surface area contributed by atoms with E-state index in [4.69, 9.17) is 10.5 Å². The van der Waals surface area contributed by atoms with Crippen LogP contribution in [0.25, 0.3) is 11.3 Å². The first-order chi connectivity index (χ1) is 15.6. The summed E-state index contributed by atoms with van der Waals surface area (Å²) in [7, 11) is 0. The van der Waals surface area contributed by atoms with E-state index in [0.717, 1.165) is 31.6 Å². The summed E-state index contributed by atoms with van der Waals surface area (Å²) in [6.07, 6.45) is 3.44. The number of amides is 2. The van der Waals surface area contributed by atoms with Gasteiger partial charge in [0, 0.05) is 36.6 Å². The Morgan fingerprint density at radius 1 is 1.00 bits per heavy atom. The lowest BCUT2D eigenvalue weighted by Gasteiger charge is -2.22. The Morgan fingerprint density at radius 2 is 1.72 bits per heavy atom. The Kier molecular flexibility index (Phi) is 6.72. The molecule has 0 spiro atoms. The normalized spacial score (nSPS) is 14.0. The molecule has 0 radical (unpaired) electrons. The first-order valence-corrected chi connectivity index (χ1v) is 10.6. The van der Waals surface area contributed by atoms with Crippen LogP contribution in [-0.2, 0) is 4.74 Å². The molecule has 0 bridgehead atoms. The Morgan fingerprint density at radius 3 is 2.44 bits per heavy atom. The predicted molar refractivity (Wildman–Crippen MR) is 122 cm³/mol. The molecule has 32 heavy (non-hydrogen) atoms. The number of anilines is 2. The quantitative estimate of drug-likeness (QED) is 0.552. The Bertz CT molecular complexity index is 1080. The zero-order chi connectivity index (χ0) is 22.3. The molecule has 1 aliphatic rings. The summed E-state index contributed by atoms with van der Waals surface area (Å²) in [4.78, 5) is 33.6. The summed E-state index contributed by atoms with van der Waals surface area (Å²) in [6, 6.07) is 16.1. The fourth-order valence-corrected chi connectivity index (χ4v) is 3.50. The first-order valence-electron chi connectivity index (χ1n) is 10.6. The van der Waals surface area contributed by atoms with Crippen molar-refractivity contribution in [1.29, 1.82) is 0 Å². The number of aromatic nitrogens is 2. The molecule has 2 heterocycles. The van der Waals surface area contributed by atoms with E-state index in [1.165, 1.54) is 6.20 Å². The summed E-state index contributed by atoms with van der Waals surface area (Å²) in [6.45, 7) is 2.15. The SMILES string of the molecule is Nc1ncc(-c2ccc(C(=O)NCC3CCOCC3)cc2)nc1C(=O)Nc1ccccc1. The molecule has 4 N–H and O–H groups in total. The third kappa shape index (κ3) is 5.28. The number of ether oxygens (including phenoxy) is 1. The Labute approximate surface area is 186 Å². The van der Waals surface area contributed by atoms with E-state index in [1.54, 1.807) is 36.4 Å². The lowest BCUT2D eigenvalue weighted by molar-refractivity contribution is 0.0642. The summed E-state index contributed by atoms with van der Waals surface area (Å²) < 4.78 is 5.35. The highest BCUT2D eigenvalue weighted by atomic mass is 16.5. The minimum Gasteiger partial charge on any atom is -0.382 e. The van der Waals surface area contributed by atoms with Crippen LogP contribution in [0.3, 0.4) is 0 Å². The predicted octanol–water partition coefficient (Wildman–Crippen LogP) is 3.13. The third-order valence-corrected chi connectivity index (χ3v) is 5.38. The van der Waals surface area contributed by atoms with Gasteiger partial charge in [0.15, 0.2) is 11.5 Å². The number of hydrogen-bond donors (Lipinski definition) is 3. The van der Waals surface area contributed by atoms with Crippen LogP contribution in [0.15, 0.2) is 60.8 Å². The second kappa shape index (κ2) is 10.0. The van der Waals surface area contributed by atoms with Crippen LogP contribution >= 0.6 is 0 Å². The number of nitrogens with one attached hydrogen (secondary N) is 2. The molecule has 8 heteroatoms. The van der Waals surface area contributed by atoms with Gasteiger partial charge in [0.2, 0.25) is 0 Å². The van der Waals surface area contributed by atoms with E-state index in [1.807, 2.05) is 18.2 Å². The Balaban J connectivity index is 1.43. The highest BCUT2D eigenvalue weighted by Crippen LogP contribution is 2.20. The van der Waals surface area contributed by atoms with E-state index in [0.29, 0.717) is 29.4 Å². The van der Waals surface area contributed by atoms with E-state index in [2.05, 4.69) is 20.6 Å². The zero-order valence-corrected chi connectivity index (χ0v) is 17.6. The number of benzene rings is 2. The molecule has 0 aliphatic carbocycles. The van der Waals surface area contributed by atoms with Crippen molar-refractivity contribution in [2.24, 2.45) is 5.92 Å². The zero-order valence-electron chi connectivity index (χ0n) is 17.6. The van der Waals surface area contributed by atoms with Crippen molar-refractivity contribution in [2.75, 3.05) is 30.8 Å². The number of carbonyl (C=O) groups excluding carboxylic acids is 2. The Hall–Kier alpha value is -3.78. The molecule has 2 amide bonds. The molecule has 3 aromatic rings. The molecule has 0 unspecified atom stereocenters. The molecular formula is C24H25N5O3. The van der Waals surface area contributed by atoms with Crippen LogP contribution in [0.4, 0.5) is 11.5 Å². The summed E-state index contributed by atoms with van der Waals surface area (Å²) in [5, 5.41) is 5.75. The highest BCUT2D eigenvalue weighted by molar-refractivity contribution is 6.06. The van der Waals surface area contributed by atoms with E-state index < -0.39 is 5.91 Å². The second-order valence-corrected chi connectivity index (χ2v) is 7.65. The maximum atomic E-state index is 12.6. The van der Waals surface area contributed by atoms with Crippen molar-refractivity contribution >= 4 is 23.3 Å². The summed E-state index contributed by atoms with van der Waals surface area (Å²) in [5.41, 5.74) is 8.35. The van der Waals surface area contributed by atoms with Crippen molar-refractivity contribution in [3.8, 4) is 11.3 Å². The average Bonchev–Trinajstić information content (AvgIpc) is 2.84. The molecular weight excluding hydrogens is 406 g/mol. The number of para-hydroxylation sites is 1. The fourth-order valence-electron chi connectivity index (χ4n) is 3.50. The average molecular weight is 431 g/mol. The minimum absolute atomic E-state index is 0.0460. The van der Waals surface area contributed by atoms with Gasteiger partial charge in [-0.3, -0.25) is 9.59 Å². The lowest BCUT2D eigenvalue weighted by atomic mass is 10.0. The van der Waals surface area contributed by atoms with E-state index in [-0.39, 0.29) is 17.4 Å². The molecule has 164 valence electrons. The molecule has 8 nitrogen and oxygen atoms in total. The number of rotatable bonds is 6. The van der Waals surface area contributed by atoms with Crippen molar-refractivity contribution < 1.29 is 14.3 Å². The van der Waals surface area contributed by atoms with Gasteiger partial charge in [0.25, 0.3) is 11.8 Å². The number of nitrogens with two attached hydrogens (primary N) is 1. The van der Waals surface area contributed by atoms with Crippen molar-refractivity contribution in [3.05, 3.63) is 72.1 Å². The van der Waals surface area contributed by atoms with Crippen LogP contribution in [-0.4, -0.2) is 41.5 Å². The van der Waals surface area contributed by atoms with Gasteiger partial charge in [-0.1, -0.05) is 30.3 Å². The van der Waals surface area contributed by atoms with Gasteiger partial charge in [0.1, 0.15) is 0 Å². The minimum atomic E-state index is -0.438. The van der Waals surface area contributed by atoms with Gasteiger partial charge in [-0.2, -0.15) is 0 Å². The van der Waals surface area contributed by atoms with E-state index in [9.17, 15) is 9.59 Å². The topological polar surface area (TPSA) is 119 Å². The summed E-state index contributed by atoms with van der Waals surface area (Å²) >= 11 is 0. The van der Waals surface area contributed by atoms with Crippen LogP contribution < -0.4 is 16.4 Å². The van der Waals surface area contributed by atoms with Gasteiger partial charge >= 0.3 is 0 Å². The van der Waals surface area contributed by atoms with Gasteiger partial charge < -0.3 is 21.1 Å². The standard InChI is InChI=1S/C24H25N5O3/c25-22-21(24(31)28-19-4-2-1-3-5-19)29-20(15-26-22)17-6-8-18(9-7-17)23(30)27-14-16-10-12-32-13-11-16/h1-9,15-16H,10-14H2,(H2,25,26)(H,27,30)(H,28,31). The molecule has 1 aromatic heterocycles. The van der Waals surface area contributed by atoms with Crippen molar-refractivity contribution in [2.45, 2.75) is 12.8 Å². The van der Waals surface area contributed by atoms with Crippen LogP contribution in [0.2, 0.25) is 0 Å². The van der Waals surface area contributed by atoms with Gasteiger partial charge in [-0.05, 0) is 43.0 Å². The molecule has 0 atom stereocenters. The lowest BCUT2D eigenvalue weighted by Crippen LogP contribution is -2.32. The maximum absolute atomic E-state index is 12.6. The fraction of sp³-hybridized carbons (Fsp3) is 0.250. The number of hydrogen-bond acceptors (Lipinski definition) is 6. The summed E-state index contributed by atoms with van der Waals surface area (Å²) in [5.74, 6) is -0.0507. The van der Waals surface area contributed by atoms with Crippen molar-refractivity contribution in [1.82, 2.24) is 15.3 Å². The van der Waals surface area contributed by atoms with Crippen LogP contribution in [0, 0.1) is 5.92 Å². The van der Waals surface area contributed by atoms with Gasteiger partial charge in [-0.25, -0.2) is 9.97 Å². The van der Waals surface area contributed by atoms with Crippen molar-refractivity contribution in [3.63, 3.8) is 0 Å². The smallest absolute Gasteiger partial charge is 0.278 e. The number of nitrogen functional groups attached to an aromatic ring is 1. The maximum Gasteiger partial charge on any atom is 0.278 e. The number of carbonyl (C=O) groups is 2. The molecule has 1 saturated heterocycles.